The maximum Gasteiger partial charge on any atom is 0.221 e. The van der Waals surface area contributed by atoms with Crippen molar-refractivity contribution in [3.63, 3.8) is 0 Å². The zero-order chi connectivity index (χ0) is 15.1. The quantitative estimate of drug-likeness (QED) is 0.814. The van der Waals surface area contributed by atoms with Crippen LogP contribution in [0.5, 0.6) is 0 Å². The van der Waals surface area contributed by atoms with Gasteiger partial charge >= 0.3 is 0 Å². The second-order valence-corrected chi connectivity index (χ2v) is 6.19. The van der Waals surface area contributed by atoms with Crippen LogP contribution in [0.4, 0.5) is 0 Å². The van der Waals surface area contributed by atoms with Crippen molar-refractivity contribution in [3.8, 4) is 0 Å². The van der Waals surface area contributed by atoms with Gasteiger partial charge in [0.05, 0.1) is 6.10 Å². The van der Waals surface area contributed by atoms with Gasteiger partial charge in [-0.2, -0.15) is 0 Å². The average Bonchev–Trinajstić information content (AvgIpc) is 2.99. The van der Waals surface area contributed by atoms with E-state index in [9.17, 15) is 9.59 Å². The summed E-state index contributed by atoms with van der Waals surface area (Å²) in [5.74, 6) is 0.112. The van der Waals surface area contributed by atoms with Crippen molar-refractivity contribution in [2.75, 3.05) is 19.7 Å². The predicted molar refractivity (Wildman–Crippen MR) is 80.9 cm³/mol. The minimum atomic E-state index is 0.0209. The highest BCUT2D eigenvalue weighted by atomic mass is 16.5. The fourth-order valence-electron chi connectivity index (χ4n) is 3.33. The summed E-state index contributed by atoms with van der Waals surface area (Å²) < 4.78 is 5.48. The highest BCUT2D eigenvalue weighted by Gasteiger charge is 2.23. The van der Waals surface area contributed by atoms with Crippen LogP contribution >= 0.6 is 0 Å². The van der Waals surface area contributed by atoms with Gasteiger partial charge in [0.15, 0.2) is 0 Å². The third-order valence-corrected chi connectivity index (χ3v) is 4.55. The van der Waals surface area contributed by atoms with Crippen molar-refractivity contribution in [2.45, 2.75) is 70.4 Å². The molecule has 0 spiro atoms. The van der Waals surface area contributed by atoms with Crippen molar-refractivity contribution in [1.82, 2.24) is 10.2 Å². The molecule has 0 radical (unpaired) electrons. The molecule has 1 saturated carbocycles. The zero-order valence-corrected chi connectivity index (χ0v) is 13.1. The van der Waals surface area contributed by atoms with Gasteiger partial charge in [-0.3, -0.25) is 9.59 Å². The minimum absolute atomic E-state index is 0.0209. The topological polar surface area (TPSA) is 58.6 Å². The Morgan fingerprint density at radius 1 is 1.14 bits per heavy atom. The first kappa shape index (κ1) is 16.3. The Morgan fingerprint density at radius 2 is 1.90 bits per heavy atom. The van der Waals surface area contributed by atoms with Gasteiger partial charge in [0, 0.05) is 39.1 Å². The molecule has 2 fully saturated rings. The Kier molecular flexibility index (Phi) is 6.49. The highest BCUT2D eigenvalue weighted by Crippen LogP contribution is 2.22. The molecule has 1 aliphatic heterocycles. The lowest BCUT2D eigenvalue weighted by atomic mass is 9.94. The summed E-state index contributed by atoms with van der Waals surface area (Å²) >= 11 is 0. The van der Waals surface area contributed by atoms with Crippen LogP contribution in [0.1, 0.15) is 58.3 Å². The second kappa shape index (κ2) is 8.37. The number of carbonyl (C=O) groups is 2. The number of nitrogens with one attached hydrogen (secondary N) is 1. The van der Waals surface area contributed by atoms with Crippen LogP contribution in [0, 0.1) is 0 Å². The van der Waals surface area contributed by atoms with Crippen molar-refractivity contribution in [1.29, 1.82) is 0 Å². The molecule has 1 unspecified atom stereocenters. The molecular formula is C16H28N2O3. The highest BCUT2D eigenvalue weighted by molar-refractivity contribution is 5.78. The summed E-state index contributed by atoms with van der Waals surface area (Å²) in [6.07, 6.45) is 8.50. The summed E-state index contributed by atoms with van der Waals surface area (Å²) in [6, 6.07) is 0.335. The van der Waals surface area contributed by atoms with E-state index < -0.39 is 0 Å². The van der Waals surface area contributed by atoms with Gasteiger partial charge < -0.3 is 15.0 Å². The molecular weight excluding hydrogens is 268 g/mol. The maximum atomic E-state index is 11.9. The maximum absolute atomic E-state index is 11.9. The van der Waals surface area contributed by atoms with E-state index in [2.05, 4.69) is 5.32 Å². The first-order valence-corrected chi connectivity index (χ1v) is 8.32. The zero-order valence-electron chi connectivity index (χ0n) is 13.1. The Morgan fingerprint density at radius 3 is 2.52 bits per heavy atom. The molecule has 1 N–H and O–H groups in total. The van der Waals surface area contributed by atoms with Crippen molar-refractivity contribution >= 4 is 11.8 Å². The van der Waals surface area contributed by atoms with Crippen LogP contribution in [0.15, 0.2) is 0 Å². The lowest BCUT2D eigenvalue weighted by Crippen LogP contribution is -2.42. The predicted octanol–water partition coefficient (Wildman–Crippen LogP) is 1.85. The summed E-state index contributed by atoms with van der Waals surface area (Å²) in [6.45, 7) is 3.55. The van der Waals surface area contributed by atoms with E-state index in [0.29, 0.717) is 25.6 Å². The van der Waals surface area contributed by atoms with Crippen molar-refractivity contribution < 1.29 is 14.3 Å². The van der Waals surface area contributed by atoms with Crippen LogP contribution in [0.25, 0.3) is 0 Å². The van der Waals surface area contributed by atoms with E-state index in [4.69, 9.17) is 4.74 Å². The molecule has 5 nitrogen and oxygen atoms in total. The molecule has 5 heteroatoms. The Labute approximate surface area is 127 Å². The number of amides is 2. The molecule has 120 valence electrons. The van der Waals surface area contributed by atoms with Gasteiger partial charge in [-0.05, 0) is 25.7 Å². The smallest absolute Gasteiger partial charge is 0.221 e. The number of hydrogen-bond donors (Lipinski definition) is 1. The number of nitrogens with zero attached hydrogens (tertiary/aromatic N) is 1. The Bertz CT molecular complexity index is 347. The van der Waals surface area contributed by atoms with Crippen molar-refractivity contribution in [2.24, 2.45) is 0 Å². The molecule has 0 bridgehead atoms. The SMILES string of the molecule is CC(=O)N(CCC(=O)NCC1CCCO1)C1CCCCC1. The van der Waals surface area contributed by atoms with Crippen LogP contribution < -0.4 is 5.32 Å². The molecule has 1 saturated heterocycles. The molecule has 1 atom stereocenters. The van der Waals surface area contributed by atoms with Crippen LogP contribution in [0.3, 0.4) is 0 Å². The van der Waals surface area contributed by atoms with Gasteiger partial charge in [-0.1, -0.05) is 19.3 Å². The molecule has 0 aromatic heterocycles. The minimum Gasteiger partial charge on any atom is -0.376 e. The number of hydrogen-bond acceptors (Lipinski definition) is 3. The van der Waals surface area contributed by atoms with E-state index in [1.807, 2.05) is 4.90 Å². The van der Waals surface area contributed by atoms with E-state index in [1.165, 1.54) is 19.3 Å². The molecule has 0 aromatic carbocycles. The van der Waals surface area contributed by atoms with E-state index in [1.54, 1.807) is 6.92 Å². The Balaban J connectivity index is 1.70. The van der Waals surface area contributed by atoms with Crippen LogP contribution in [-0.2, 0) is 14.3 Å². The fraction of sp³-hybridized carbons (Fsp3) is 0.875. The number of ether oxygens (including phenoxy) is 1. The normalized spacial score (nSPS) is 23.0. The van der Waals surface area contributed by atoms with Crippen LogP contribution in [-0.4, -0.2) is 48.6 Å². The monoisotopic (exact) mass is 296 g/mol. The van der Waals surface area contributed by atoms with Crippen molar-refractivity contribution in [3.05, 3.63) is 0 Å². The van der Waals surface area contributed by atoms with E-state index >= 15 is 0 Å². The lowest BCUT2D eigenvalue weighted by Gasteiger charge is -2.33. The molecule has 0 aromatic rings. The largest absolute Gasteiger partial charge is 0.376 e. The molecule has 1 aliphatic carbocycles. The van der Waals surface area contributed by atoms with E-state index in [0.717, 1.165) is 32.3 Å². The molecule has 21 heavy (non-hydrogen) atoms. The third kappa shape index (κ3) is 5.30. The molecule has 2 aliphatic rings. The average molecular weight is 296 g/mol. The van der Waals surface area contributed by atoms with Gasteiger partial charge in [0.25, 0.3) is 0 Å². The first-order chi connectivity index (χ1) is 10.2. The second-order valence-electron chi connectivity index (χ2n) is 6.19. The molecule has 2 rings (SSSR count). The molecule has 1 heterocycles. The summed E-state index contributed by atoms with van der Waals surface area (Å²) in [5, 5.41) is 2.92. The molecule has 2 amide bonds. The number of rotatable bonds is 6. The number of carbonyl (C=O) groups excluding carboxylic acids is 2. The van der Waals surface area contributed by atoms with Gasteiger partial charge in [0.2, 0.25) is 11.8 Å². The lowest BCUT2D eigenvalue weighted by molar-refractivity contribution is -0.132. The van der Waals surface area contributed by atoms with E-state index in [-0.39, 0.29) is 17.9 Å². The third-order valence-electron chi connectivity index (χ3n) is 4.55. The summed E-state index contributed by atoms with van der Waals surface area (Å²) in [7, 11) is 0. The summed E-state index contributed by atoms with van der Waals surface area (Å²) in [5.41, 5.74) is 0. The van der Waals surface area contributed by atoms with Gasteiger partial charge in [0.1, 0.15) is 0 Å². The van der Waals surface area contributed by atoms with Gasteiger partial charge in [-0.15, -0.1) is 0 Å². The fourth-order valence-corrected chi connectivity index (χ4v) is 3.33. The van der Waals surface area contributed by atoms with Crippen LogP contribution in [0.2, 0.25) is 0 Å². The first-order valence-electron chi connectivity index (χ1n) is 8.32. The Hall–Kier alpha value is -1.10. The summed E-state index contributed by atoms with van der Waals surface area (Å²) in [4.78, 5) is 25.6. The standard InChI is InChI=1S/C16H28N2O3/c1-13(19)18(14-6-3-2-4-7-14)10-9-16(20)17-12-15-8-5-11-21-15/h14-15H,2-12H2,1H3,(H,17,20). The van der Waals surface area contributed by atoms with Gasteiger partial charge in [-0.25, -0.2) is 0 Å².